The van der Waals surface area contributed by atoms with Crippen molar-refractivity contribution in [1.82, 2.24) is 20.0 Å². The van der Waals surface area contributed by atoms with Gasteiger partial charge in [0.15, 0.2) is 0 Å². The van der Waals surface area contributed by atoms with E-state index in [0.29, 0.717) is 36.7 Å². The van der Waals surface area contributed by atoms with E-state index >= 15 is 0 Å². The second-order valence-electron chi connectivity index (χ2n) is 8.71. The van der Waals surface area contributed by atoms with Gasteiger partial charge in [0, 0.05) is 43.2 Å². The maximum absolute atomic E-state index is 13.2. The van der Waals surface area contributed by atoms with Crippen LogP contribution < -0.4 is 5.32 Å². The van der Waals surface area contributed by atoms with Crippen LogP contribution in [0.1, 0.15) is 79.5 Å². The van der Waals surface area contributed by atoms with Gasteiger partial charge in [-0.05, 0) is 57.6 Å². The number of nitrogens with zero attached hydrogens (tertiary/aromatic N) is 4. The van der Waals surface area contributed by atoms with Crippen LogP contribution >= 0.6 is 0 Å². The van der Waals surface area contributed by atoms with Crippen molar-refractivity contribution in [3.05, 3.63) is 41.1 Å². The van der Waals surface area contributed by atoms with E-state index < -0.39 is 0 Å². The highest BCUT2D eigenvalue weighted by Crippen LogP contribution is 2.46. The molecule has 1 saturated carbocycles. The molecular weight excluding hydrogens is 390 g/mol. The summed E-state index contributed by atoms with van der Waals surface area (Å²) in [4.78, 5) is 26.9. The molecule has 1 aliphatic carbocycles. The van der Waals surface area contributed by atoms with E-state index in [2.05, 4.69) is 11.4 Å². The lowest BCUT2D eigenvalue weighted by Gasteiger charge is -2.16. The Hall–Kier alpha value is -3.14. The van der Waals surface area contributed by atoms with Crippen molar-refractivity contribution in [2.24, 2.45) is 0 Å². The van der Waals surface area contributed by atoms with E-state index in [-0.39, 0.29) is 17.9 Å². The van der Waals surface area contributed by atoms with Crippen LogP contribution in [-0.2, 0) is 4.79 Å². The van der Waals surface area contributed by atoms with Gasteiger partial charge in [-0.15, -0.1) is 0 Å². The maximum Gasteiger partial charge on any atom is 0.269 e. The Morgan fingerprint density at radius 1 is 1.29 bits per heavy atom. The molecule has 7 heteroatoms. The molecule has 4 rings (SSSR count). The Morgan fingerprint density at radius 3 is 2.61 bits per heavy atom. The number of carbonyl (C=O) groups is 2. The first-order valence-corrected chi connectivity index (χ1v) is 11.2. The molecule has 1 aromatic heterocycles. The van der Waals surface area contributed by atoms with Gasteiger partial charge in [0.05, 0.1) is 17.3 Å². The van der Waals surface area contributed by atoms with Crippen LogP contribution in [0.15, 0.2) is 24.3 Å². The van der Waals surface area contributed by atoms with Crippen LogP contribution in [0.25, 0.3) is 11.3 Å². The molecule has 2 amide bonds. The zero-order chi connectivity index (χ0) is 22.0. The largest absolute Gasteiger partial charge is 0.351 e. The Labute approximate surface area is 183 Å². The minimum Gasteiger partial charge on any atom is -0.351 e. The smallest absolute Gasteiger partial charge is 0.269 e. The molecule has 2 fully saturated rings. The second kappa shape index (κ2) is 8.93. The second-order valence-corrected chi connectivity index (χ2v) is 8.71. The highest BCUT2D eigenvalue weighted by atomic mass is 16.2. The first kappa shape index (κ1) is 21.1. The Kier molecular flexibility index (Phi) is 6.08. The van der Waals surface area contributed by atoms with Gasteiger partial charge in [0.1, 0.15) is 5.69 Å². The van der Waals surface area contributed by atoms with Gasteiger partial charge in [-0.1, -0.05) is 12.1 Å². The van der Waals surface area contributed by atoms with Gasteiger partial charge in [-0.3, -0.25) is 14.3 Å². The Balaban J connectivity index is 1.55. The SMILES string of the molecule is CC(C)n1nc(-c2ccc(C#N)cc2)c(C2CC2)c1C(=O)NCCCN1CCCC1=O. The predicted molar refractivity (Wildman–Crippen MR) is 118 cm³/mol. The molecule has 2 aromatic rings. The molecule has 162 valence electrons. The summed E-state index contributed by atoms with van der Waals surface area (Å²) in [6.45, 7) is 6.10. The summed E-state index contributed by atoms with van der Waals surface area (Å²) >= 11 is 0. The lowest BCUT2D eigenvalue weighted by molar-refractivity contribution is -0.127. The number of nitriles is 1. The molecular formula is C24H29N5O2. The van der Waals surface area contributed by atoms with Crippen molar-refractivity contribution in [3.63, 3.8) is 0 Å². The molecule has 0 spiro atoms. The number of aromatic nitrogens is 2. The monoisotopic (exact) mass is 419 g/mol. The minimum absolute atomic E-state index is 0.0487. The van der Waals surface area contributed by atoms with Crippen LogP contribution in [-0.4, -0.2) is 46.1 Å². The summed E-state index contributed by atoms with van der Waals surface area (Å²) in [5.74, 6) is 0.462. The number of benzene rings is 1. The summed E-state index contributed by atoms with van der Waals surface area (Å²) in [5, 5.41) is 17.0. The molecule has 7 nitrogen and oxygen atoms in total. The first-order valence-electron chi connectivity index (χ1n) is 11.2. The first-order chi connectivity index (χ1) is 15.0. The fourth-order valence-electron chi connectivity index (χ4n) is 4.22. The average Bonchev–Trinajstić information content (AvgIpc) is 3.40. The number of nitrogens with one attached hydrogen (secondary N) is 1. The van der Waals surface area contributed by atoms with Crippen molar-refractivity contribution in [2.75, 3.05) is 19.6 Å². The van der Waals surface area contributed by atoms with Crippen LogP contribution in [0.5, 0.6) is 0 Å². The van der Waals surface area contributed by atoms with Crippen molar-refractivity contribution in [1.29, 1.82) is 5.26 Å². The molecule has 0 radical (unpaired) electrons. The minimum atomic E-state index is -0.101. The predicted octanol–water partition coefficient (Wildman–Crippen LogP) is 3.62. The fourth-order valence-corrected chi connectivity index (χ4v) is 4.22. The third kappa shape index (κ3) is 4.48. The molecule has 0 unspecified atom stereocenters. The van der Waals surface area contributed by atoms with Gasteiger partial charge in [-0.25, -0.2) is 0 Å². The van der Waals surface area contributed by atoms with E-state index in [1.807, 2.05) is 35.6 Å². The average molecular weight is 420 g/mol. The Bertz CT molecular complexity index is 1010. The zero-order valence-corrected chi connectivity index (χ0v) is 18.2. The molecule has 1 N–H and O–H groups in total. The van der Waals surface area contributed by atoms with Crippen molar-refractivity contribution < 1.29 is 9.59 Å². The van der Waals surface area contributed by atoms with Crippen LogP contribution in [0, 0.1) is 11.3 Å². The normalized spacial score (nSPS) is 16.1. The van der Waals surface area contributed by atoms with Gasteiger partial charge < -0.3 is 10.2 Å². The molecule has 0 atom stereocenters. The lowest BCUT2D eigenvalue weighted by atomic mass is 10.0. The Morgan fingerprint density at radius 2 is 2.03 bits per heavy atom. The van der Waals surface area contributed by atoms with E-state index in [9.17, 15) is 9.59 Å². The van der Waals surface area contributed by atoms with Gasteiger partial charge in [-0.2, -0.15) is 10.4 Å². The van der Waals surface area contributed by atoms with E-state index in [4.69, 9.17) is 10.4 Å². The van der Waals surface area contributed by atoms with Gasteiger partial charge >= 0.3 is 0 Å². The van der Waals surface area contributed by atoms with E-state index in [1.54, 1.807) is 12.1 Å². The molecule has 1 saturated heterocycles. The highest BCUT2D eigenvalue weighted by Gasteiger charge is 2.36. The fraction of sp³-hybridized carbons (Fsp3) is 0.500. The van der Waals surface area contributed by atoms with Crippen LogP contribution in [0.4, 0.5) is 0 Å². The number of hydrogen-bond donors (Lipinski definition) is 1. The molecule has 1 aromatic carbocycles. The third-order valence-corrected chi connectivity index (χ3v) is 5.99. The summed E-state index contributed by atoms with van der Waals surface area (Å²) in [7, 11) is 0. The number of rotatable bonds is 8. The molecule has 1 aliphatic heterocycles. The van der Waals surface area contributed by atoms with Crippen molar-refractivity contribution >= 4 is 11.8 Å². The van der Waals surface area contributed by atoms with Crippen LogP contribution in [0.2, 0.25) is 0 Å². The summed E-state index contributed by atoms with van der Waals surface area (Å²) in [6, 6.07) is 9.60. The summed E-state index contributed by atoms with van der Waals surface area (Å²) < 4.78 is 1.83. The number of amides is 2. The van der Waals surface area contributed by atoms with E-state index in [0.717, 1.165) is 49.0 Å². The number of likely N-dealkylation sites (tertiary alicyclic amines) is 1. The molecule has 2 aliphatic rings. The molecule has 0 bridgehead atoms. The summed E-state index contributed by atoms with van der Waals surface area (Å²) in [6.07, 6.45) is 4.44. The maximum atomic E-state index is 13.2. The standard InChI is InChI=1S/C24H29N5O2/c1-16(2)29-23(24(31)26-12-4-14-28-13-3-5-20(28)30)21(18-10-11-18)22(27-29)19-8-6-17(15-25)7-9-19/h6-9,16,18H,3-5,10-14H2,1-2H3,(H,26,31). The topological polar surface area (TPSA) is 91.0 Å². The van der Waals surface area contributed by atoms with Crippen molar-refractivity contribution in [2.45, 2.75) is 57.9 Å². The van der Waals surface area contributed by atoms with Crippen LogP contribution in [0.3, 0.4) is 0 Å². The highest BCUT2D eigenvalue weighted by molar-refractivity contribution is 5.96. The van der Waals surface area contributed by atoms with Gasteiger partial charge in [0.2, 0.25) is 5.91 Å². The molecule has 2 heterocycles. The number of carbonyl (C=O) groups excluding carboxylic acids is 2. The third-order valence-electron chi connectivity index (χ3n) is 5.99. The van der Waals surface area contributed by atoms with Gasteiger partial charge in [0.25, 0.3) is 5.91 Å². The van der Waals surface area contributed by atoms with E-state index in [1.165, 1.54) is 0 Å². The quantitative estimate of drug-likeness (QED) is 0.662. The molecule has 31 heavy (non-hydrogen) atoms. The number of hydrogen-bond acceptors (Lipinski definition) is 4. The van der Waals surface area contributed by atoms with Crippen molar-refractivity contribution in [3.8, 4) is 17.3 Å². The lowest BCUT2D eigenvalue weighted by Crippen LogP contribution is -2.32. The zero-order valence-electron chi connectivity index (χ0n) is 18.2. The summed E-state index contributed by atoms with van der Waals surface area (Å²) in [5.41, 5.74) is 4.05.